The highest BCUT2D eigenvalue weighted by atomic mass is 16.2. The Morgan fingerprint density at radius 1 is 1.05 bits per heavy atom. The summed E-state index contributed by atoms with van der Waals surface area (Å²) in [6, 6.07) is 16.2. The normalized spacial score (nSPS) is 11.7. The first kappa shape index (κ1) is 12.7. The Labute approximate surface area is 110 Å². The molecule has 0 spiro atoms. The predicted molar refractivity (Wildman–Crippen MR) is 72.2 cm³/mol. The number of anilines is 1. The van der Waals surface area contributed by atoms with Gasteiger partial charge in [-0.15, -0.1) is 0 Å². The summed E-state index contributed by atoms with van der Waals surface area (Å²) in [7, 11) is 0. The van der Waals surface area contributed by atoms with Crippen LogP contribution in [0.4, 0.5) is 11.4 Å². The predicted octanol–water partition coefficient (Wildman–Crippen LogP) is 2.36. The summed E-state index contributed by atoms with van der Waals surface area (Å²) < 4.78 is 0. The second kappa shape index (κ2) is 5.76. The van der Waals surface area contributed by atoms with Crippen molar-refractivity contribution in [1.82, 2.24) is 0 Å². The molecule has 4 nitrogen and oxygen atoms in total. The summed E-state index contributed by atoms with van der Waals surface area (Å²) in [5.74, 6) is 0. The number of rotatable bonds is 1. The molecule has 0 bridgehead atoms. The summed E-state index contributed by atoms with van der Waals surface area (Å²) in [5.41, 5.74) is 11.1. The summed E-state index contributed by atoms with van der Waals surface area (Å²) in [5, 5.41) is 0. The third-order valence-corrected chi connectivity index (χ3v) is 2.83. The molecule has 1 aliphatic rings. The molecule has 94 valence electrons. The zero-order chi connectivity index (χ0) is 13.7. The summed E-state index contributed by atoms with van der Waals surface area (Å²) >= 11 is 0. The molecule has 0 aliphatic carbocycles. The smallest absolute Gasteiger partial charge is 0.373 e. The number of aliphatic imine (C=N–C) groups is 1. The van der Waals surface area contributed by atoms with E-state index in [9.17, 15) is 0 Å². The molecule has 0 atom stereocenters. The number of nitrogens with zero attached hydrogens (tertiary/aromatic N) is 1. The van der Waals surface area contributed by atoms with Gasteiger partial charge in [-0.3, -0.25) is 4.99 Å². The van der Waals surface area contributed by atoms with Gasteiger partial charge in [0.2, 0.25) is 0 Å². The number of hydrogen-bond donors (Lipinski definition) is 1. The molecular weight excluding hydrogens is 240 g/mol. The van der Waals surface area contributed by atoms with Gasteiger partial charge in [0.25, 0.3) is 0 Å². The van der Waals surface area contributed by atoms with Gasteiger partial charge in [0.15, 0.2) is 0 Å². The van der Waals surface area contributed by atoms with Crippen LogP contribution in [0.5, 0.6) is 0 Å². The average molecular weight is 252 g/mol. The zero-order valence-corrected chi connectivity index (χ0v) is 10.2. The van der Waals surface area contributed by atoms with Crippen LogP contribution < -0.4 is 5.73 Å². The van der Waals surface area contributed by atoms with Gasteiger partial charge in [-0.2, -0.15) is 9.59 Å². The molecule has 0 fully saturated rings. The molecule has 0 amide bonds. The highest BCUT2D eigenvalue weighted by Crippen LogP contribution is 2.30. The highest BCUT2D eigenvalue weighted by Gasteiger charge is 2.15. The maximum atomic E-state index is 8.12. The molecule has 0 radical (unpaired) electrons. The summed E-state index contributed by atoms with van der Waals surface area (Å²) in [6.45, 7) is 0. The number of fused-ring (bicyclic) bond motifs is 1. The topological polar surface area (TPSA) is 72.5 Å². The minimum atomic E-state index is 0.250. The molecule has 0 aromatic heterocycles. The Morgan fingerprint density at radius 2 is 1.74 bits per heavy atom. The van der Waals surface area contributed by atoms with Gasteiger partial charge in [-0.05, 0) is 23.3 Å². The van der Waals surface area contributed by atoms with Crippen molar-refractivity contribution in [2.75, 3.05) is 5.73 Å². The number of hydrogen-bond acceptors (Lipinski definition) is 4. The van der Waals surface area contributed by atoms with Gasteiger partial charge in [0.05, 0.1) is 11.4 Å². The first-order valence-electron chi connectivity index (χ1n) is 5.75. The van der Waals surface area contributed by atoms with E-state index in [0.717, 1.165) is 23.5 Å². The van der Waals surface area contributed by atoms with Gasteiger partial charge in [0.1, 0.15) is 0 Å². The van der Waals surface area contributed by atoms with E-state index < -0.39 is 0 Å². The Hall–Kier alpha value is -2.71. The third kappa shape index (κ3) is 2.94. The van der Waals surface area contributed by atoms with Gasteiger partial charge in [-0.1, -0.05) is 36.4 Å². The van der Waals surface area contributed by atoms with Crippen LogP contribution in [0.25, 0.3) is 0 Å². The van der Waals surface area contributed by atoms with Crippen molar-refractivity contribution in [2.24, 2.45) is 4.99 Å². The van der Waals surface area contributed by atoms with E-state index in [1.807, 2.05) is 30.3 Å². The van der Waals surface area contributed by atoms with Gasteiger partial charge >= 0.3 is 6.15 Å². The Balaban J connectivity index is 0.000000408. The van der Waals surface area contributed by atoms with Crippen LogP contribution in [-0.4, -0.2) is 11.9 Å². The van der Waals surface area contributed by atoms with Crippen LogP contribution in [0.15, 0.2) is 53.5 Å². The molecule has 19 heavy (non-hydrogen) atoms. The molecule has 0 saturated heterocycles. The first-order valence-corrected chi connectivity index (χ1v) is 5.75. The van der Waals surface area contributed by atoms with Crippen molar-refractivity contribution >= 4 is 23.2 Å². The van der Waals surface area contributed by atoms with E-state index in [2.05, 4.69) is 23.2 Å². The van der Waals surface area contributed by atoms with E-state index in [4.69, 9.17) is 15.3 Å². The number of nitrogens with two attached hydrogens (primary N) is 1. The lowest BCUT2D eigenvalue weighted by Gasteiger charge is -1.98. The number of benzene rings is 2. The molecule has 2 N–H and O–H groups in total. The fraction of sp³-hybridized carbons (Fsp3) is 0.0667. The van der Waals surface area contributed by atoms with Crippen LogP contribution in [0, 0.1) is 0 Å². The lowest BCUT2D eigenvalue weighted by Crippen LogP contribution is -1.99. The fourth-order valence-electron chi connectivity index (χ4n) is 2.00. The quantitative estimate of drug-likeness (QED) is 0.792. The molecule has 0 saturated carbocycles. The van der Waals surface area contributed by atoms with Crippen molar-refractivity contribution in [2.45, 2.75) is 6.42 Å². The molecule has 4 heteroatoms. The van der Waals surface area contributed by atoms with Crippen LogP contribution in [-0.2, 0) is 16.0 Å². The molecule has 2 aromatic carbocycles. The van der Waals surface area contributed by atoms with Gasteiger partial charge < -0.3 is 5.73 Å². The number of carbonyl (C=O) groups excluding carboxylic acids is 2. The maximum Gasteiger partial charge on any atom is 0.373 e. The monoisotopic (exact) mass is 252 g/mol. The maximum absolute atomic E-state index is 8.12. The van der Waals surface area contributed by atoms with E-state index in [0.29, 0.717) is 0 Å². The Bertz CT molecular complexity index is 642. The Morgan fingerprint density at radius 3 is 2.42 bits per heavy atom. The standard InChI is InChI=1S/C14H12N2.CO2/c15-12-7-6-11-8-13(16-14(11)9-12)10-4-2-1-3-5-10;2-1-3/h1-7,9H,8,15H2;. The van der Waals surface area contributed by atoms with E-state index in [1.54, 1.807) is 0 Å². The van der Waals surface area contributed by atoms with Crippen molar-refractivity contribution in [1.29, 1.82) is 0 Å². The molecule has 2 aromatic rings. The van der Waals surface area contributed by atoms with Crippen molar-refractivity contribution < 1.29 is 9.59 Å². The van der Waals surface area contributed by atoms with E-state index in [-0.39, 0.29) is 6.15 Å². The van der Waals surface area contributed by atoms with Crippen LogP contribution in [0.1, 0.15) is 11.1 Å². The molecule has 1 heterocycles. The summed E-state index contributed by atoms with van der Waals surface area (Å²) in [6.07, 6.45) is 1.15. The fourth-order valence-corrected chi connectivity index (χ4v) is 2.00. The number of nitrogen functional groups attached to an aromatic ring is 1. The minimum absolute atomic E-state index is 0.250. The largest absolute Gasteiger partial charge is 0.399 e. The average Bonchev–Trinajstić information content (AvgIpc) is 2.83. The molecule has 1 aliphatic heterocycles. The van der Waals surface area contributed by atoms with Gasteiger partial charge in [0, 0.05) is 12.1 Å². The lowest BCUT2D eigenvalue weighted by molar-refractivity contribution is -0.191. The first-order chi connectivity index (χ1) is 9.24. The SMILES string of the molecule is Nc1ccc2c(c1)N=C(c1ccccc1)C2.O=C=O. The molecular formula is C15H12N2O2. The van der Waals surface area contributed by atoms with E-state index >= 15 is 0 Å². The molecule has 3 rings (SSSR count). The summed E-state index contributed by atoms with van der Waals surface area (Å²) in [4.78, 5) is 20.9. The van der Waals surface area contributed by atoms with Crippen LogP contribution in [0.2, 0.25) is 0 Å². The Kier molecular flexibility index (Phi) is 3.86. The van der Waals surface area contributed by atoms with Crippen LogP contribution in [0.3, 0.4) is 0 Å². The molecule has 0 unspecified atom stereocenters. The minimum Gasteiger partial charge on any atom is -0.399 e. The second-order valence-electron chi connectivity index (χ2n) is 4.07. The van der Waals surface area contributed by atoms with Crippen molar-refractivity contribution in [3.63, 3.8) is 0 Å². The van der Waals surface area contributed by atoms with Crippen LogP contribution >= 0.6 is 0 Å². The lowest BCUT2D eigenvalue weighted by atomic mass is 10.0. The highest BCUT2D eigenvalue weighted by molar-refractivity contribution is 6.06. The van der Waals surface area contributed by atoms with Crippen molar-refractivity contribution in [3.05, 3.63) is 59.7 Å². The third-order valence-electron chi connectivity index (χ3n) is 2.83. The van der Waals surface area contributed by atoms with Gasteiger partial charge in [-0.25, -0.2) is 0 Å². The second-order valence-corrected chi connectivity index (χ2v) is 4.07. The van der Waals surface area contributed by atoms with Crippen molar-refractivity contribution in [3.8, 4) is 0 Å². The zero-order valence-electron chi connectivity index (χ0n) is 10.2. The van der Waals surface area contributed by atoms with E-state index in [1.165, 1.54) is 11.1 Å².